The lowest BCUT2D eigenvalue weighted by Crippen LogP contribution is -2.51. The van der Waals surface area contributed by atoms with Crippen LogP contribution in [0.4, 0.5) is 0 Å². The molecule has 28 heavy (non-hydrogen) atoms. The van der Waals surface area contributed by atoms with Crippen molar-refractivity contribution in [2.45, 2.75) is 32.4 Å². The normalized spacial score (nSPS) is 22.6. The number of carbonyl (C=O) groups is 1. The fraction of sp³-hybridized carbons (Fsp3) is 0.333. The largest absolute Gasteiger partial charge is 0.351 e. The zero-order valence-corrected chi connectivity index (χ0v) is 16.0. The Morgan fingerprint density at radius 1 is 1.04 bits per heavy atom. The maximum Gasteiger partial charge on any atom is 0.228 e. The van der Waals surface area contributed by atoms with Crippen molar-refractivity contribution in [3.8, 4) is 0 Å². The number of carbonyl (C=O) groups excluding carboxylic acids is 1. The molecule has 1 amide bonds. The molecule has 1 aromatic heterocycles. The number of para-hydroxylation sites is 1. The molecule has 0 bridgehead atoms. The Morgan fingerprint density at radius 2 is 1.86 bits per heavy atom. The molecule has 2 aromatic carbocycles. The highest BCUT2D eigenvalue weighted by atomic mass is 16.2. The molecule has 1 fully saturated rings. The Balaban J connectivity index is 1.43. The van der Waals surface area contributed by atoms with Gasteiger partial charge in [0.25, 0.3) is 0 Å². The van der Waals surface area contributed by atoms with Gasteiger partial charge in [-0.3, -0.25) is 14.7 Å². The molecule has 5 rings (SSSR count). The summed E-state index contributed by atoms with van der Waals surface area (Å²) in [5.74, 6) is 0.216. The Labute approximate surface area is 165 Å². The van der Waals surface area contributed by atoms with Crippen molar-refractivity contribution in [1.29, 1.82) is 0 Å². The Morgan fingerprint density at radius 3 is 2.79 bits per heavy atom. The van der Waals surface area contributed by atoms with Gasteiger partial charge >= 0.3 is 0 Å². The van der Waals surface area contributed by atoms with Crippen LogP contribution in [0.3, 0.4) is 0 Å². The highest BCUT2D eigenvalue weighted by Gasteiger charge is 2.43. The van der Waals surface area contributed by atoms with Crippen molar-refractivity contribution in [2.24, 2.45) is 5.41 Å². The molecular formula is C24H25N3O. The first-order valence-corrected chi connectivity index (χ1v) is 10.1. The molecule has 0 radical (unpaired) electrons. The maximum absolute atomic E-state index is 13.1. The number of hydrogen-bond donors (Lipinski definition) is 1. The van der Waals surface area contributed by atoms with Gasteiger partial charge in [-0.2, -0.15) is 0 Å². The van der Waals surface area contributed by atoms with Gasteiger partial charge < -0.3 is 5.32 Å². The molecular weight excluding hydrogens is 346 g/mol. The molecule has 1 N–H and O–H groups in total. The predicted molar refractivity (Wildman–Crippen MR) is 111 cm³/mol. The number of piperidine rings is 1. The number of likely N-dealkylation sites (tertiary alicyclic amines) is 1. The number of pyridine rings is 1. The second-order valence-corrected chi connectivity index (χ2v) is 8.21. The summed E-state index contributed by atoms with van der Waals surface area (Å²) in [6.07, 6.45) is 4.74. The molecule has 3 aromatic rings. The van der Waals surface area contributed by atoms with E-state index in [4.69, 9.17) is 0 Å². The molecule has 1 atom stereocenters. The fourth-order valence-corrected chi connectivity index (χ4v) is 4.94. The lowest BCUT2D eigenvalue weighted by molar-refractivity contribution is -0.134. The van der Waals surface area contributed by atoms with Gasteiger partial charge in [0.2, 0.25) is 5.91 Å². The second-order valence-electron chi connectivity index (χ2n) is 8.21. The predicted octanol–water partition coefficient (Wildman–Crippen LogP) is 3.69. The molecule has 142 valence electrons. The van der Waals surface area contributed by atoms with E-state index in [1.54, 1.807) is 0 Å². The van der Waals surface area contributed by atoms with Crippen LogP contribution < -0.4 is 5.32 Å². The molecule has 1 spiro atoms. The van der Waals surface area contributed by atoms with Crippen LogP contribution in [0.15, 0.2) is 60.8 Å². The molecule has 2 aliphatic rings. The lowest BCUT2D eigenvalue weighted by Gasteiger charge is -2.41. The van der Waals surface area contributed by atoms with E-state index in [1.807, 2.05) is 12.3 Å². The highest BCUT2D eigenvalue weighted by molar-refractivity contribution is 5.84. The van der Waals surface area contributed by atoms with Gasteiger partial charge in [-0.05, 0) is 54.6 Å². The summed E-state index contributed by atoms with van der Waals surface area (Å²) in [5.41, 5.74) is 4.57. The Kier molecular flexibility index (Phi) is 4.36. The van der Waals surface area contributed by atoms with E-state index < -0.39 is 0 Å². The number of benzene rings is 2. The summed E-state index contributed by atoms with van der Waals surface area (Å²) in [7, 11) is 0. The number of fused-ring (bicyclic) bond motifs is 2. The van der Waals surface area contributed by atoms with Crippen molar-refractivity contribution in [1.82, 2.24) is 15.2 Å². The quantitative estimate of drug-likeness (QED) is 0.747. The zero-order chi connectivity index (χ0) is 19.0. The van der Waals surface area contributed by atoms with Gasteiger partial charge in [-0.1, -0.05) is 42.5 Å². The summed E-state index contributed by atoms with van der Waals surface area (Å²) < 4.78 is 0. The van der Waals surface area contributed by atoms with Crippen molar-refractivity contribution in [3.05, 3.63) is 77.5 Å². The first-order valence-electron chi connectivity index (χ1n) is 10.1. The molecule has 2 aliphatic heterocycles. The van der Waals surface area contributed by atoms with E-state index >= 15 is 0 Å². The summed E-state index contributed by atoms with van der Waals surface area (Å²) in [5, 5.41) is 4.41. The van der Waals surface area contributed by atoms with Crippen molar-refractivity contribution in [2.75, 3.05) is 13.1 Å². The smallest absolute Gasteiger partial charge is 0.228 e. The van der Waals surface area contributed by atoms with Crippen molar-refractivity contribution < 1.29 is 4.79 Å². The molecule has 1 saturated heterocycles. The van der Waals surface area contributed by atoms with Crippen LogP contribution in [0.2, 0.25) is 0 Å². The lowest BCUT2D eigenvalue weighted by atomic mass is 9.74. The SMILES string of the molecule is O=C1NCc2ccccc2CC12CCCN(Cc1ccnc3ccccc13)C2. The minimum absolute atomic E-state index is 0.216. The van der Waals surface area contributed by atoms with Crippen molar-refractivity contribution >= 4 is 16.8 Å². The average Bonchev–Trinajstić information content (AvgIpc) is 2.85. The van der Waals surface area contributed by atoms with Gasteiger partial charge in [0.05, 0.1) is 10.9 Å². The number of amides is 1. The minimum Gasteiger partial charge on any atom is -0.351 e. The van der Waals surface area contributed by atoms with E-state index in [-0.39, 0.29) is 11.3 Å². The van der Waals surface area contributed by atoms with Crippen molar-refractivity contribution in [3.63, 3.8) is 0 Å². The number of rotatable bonds is 2. The number of nitrogens with one attached hydrogen (secondary N) is 1. The maximum atomic E-state index is 13.1. The first kappa shape index (κ1) is 17.4. The highest BCUT2D eigenvalue weighted by Crippen LogP contribution is 2.37. The zero-order valence-electron chi connectivity index (χ0n) is 16.0. The van der Waals surface area contributed by atoms with Crippen LogP contribution in [-0.2, 0) is 24.3 Å². The van der Waals surface area contributed by atoms with Crippen LogP contribution in [0, 0.1) is 5.41 Å². The Hall–Kier alpha value is -2.72. The Bertz CT molecular complexity index is 1030. The minimum atomic E-state index is -0.326. The third kappa shape index (κ3) is 3.08. The van der Waals surface area contributed by atoms with Crippen LogP contribution in [0.25, 0.3) is 10.9 Å². The van der Waals surface area contributed by atoms with Gasteiger partial charge in [-0.25, -0.2) is 0 Å². The van der Waals surface area contributed by atoms with Crippen LogP contribution in [-0.4, -0.2) is 28.9 Å². The molecule has 1 unspecified atom stereocenters. The van der Waals surface area contributed by atoms with Crippen LogP contribution in [0.1, 0.15) is 29.5 Å². The van der Waals surface area contributed by atoms with Gasteiger partial charge in [0.15, 0.2) is 0 Å². The monoisotopic (exact) mass is 371 g/mol. The number of hydrogen-bond acceptors (Lipinski definition) is 3. The molecule has 4 nitrogen and oxygen atoms in total. The third-order valence-electron chi connectivity index (χ3n) is 6.36. The van der Waals surface area contributed by atoms with E-state index in [9.17, 15) is 4.79 Å². The number of aromatic nitrogens is 1. The summed E-state index contributed by atoms with van der Waals surface area (Å²) >= 11 is 0. The topological polar surface area (TPSA) is 45.2 Å². The standard InChI is InChI=1S/C24H25N3O/c28-23-24(14-18-6-1-2-7-19(18)15-26-23)11-5-13-27(17-24)16-20-10-12-25-22-9-4-3-8-21(20)22/h1-4,6-10,12H,5,11,13-17H2,(H,26,28). The van der Waals surface area contributed by atoms with Crippen LogP contribution >= 0.6 is 0 Å². The molecule has 4 heteroatoms. The molecule has 0 saturated carbocycles. The average molecular weight is 371 g/mol. The van der Waals surface area contributed by atoms with Gasteiger partial charge in [0.1, 0.15) is 0 Å². The van der Waals surface area contributed by atoms with Crippen LogP contribution in [0.5, 0.6) is 0 Å². The van der Waals surface area contributed by atoms with E-state index in [0.717, 1.165) is 44.4 Å². The van der Waals surface area contributed by atoms with Gasteiger partial charge in [-0.15, -0.1) is 0 Å². The molecule has 3 heterocycles. The summed E-state index contributed by atoms with van der Waals surface area (Å²) in [6.45, 7) is 3.35. The summed E-state index contributed by atoms with van der Waals surface area (Å²) in [4.78, 5) is 20.1. The molecule has 0 aliphatic carbocycles. The van der Waals surface area contributed by atoms with E-state index in [1.165, 1.54) is 22.1 Å². The number of nitrogens with zero attached hydrogens (tertiary/aromatic N) is 2. The second kappa shape index (κ2) is 7.02. The van der Waals surface area contributed by atoms with Gasteiger partial charge in [0, 0.05) is 31.2 Å². The third-order valence-corrected chi connectivity index (χ3v) is 6.36. The summed E-state index contributed by atoms with van der Waals surface area (Å²) in [6, 6.07) is 18.9. The van der Waals surface area contributed by atoms with E-state index in [2.05, 4.69) is 63.7 Å². The first-order chi connectivity index (χ1) is 13.7. The van der Waals surface area contributed by atoms with E-state index in [0.29, 0.717) is 6.54 Å². The fourth-order valence-electron chi connectivity index (χ4n) is 4.94.